The molecule has 17 heavy (non-hydrogen) atoms. The minimum absolute atomic E-state index is 0.123. The Bertz CT molecular complexity index is 392. The minimum atomic E-state index is -0.123. The van der Waals surface area contributed by atoms with Crippen LogP contribution < -0.4 is 5.32 Å². The molecule has 1 unspecified atom stereocenters. The molecule has 1 aromatic rings. The molecule has 0 aromatic heterocycles. The summed E-state index contributed by atoms with van der Waals surface area (Å²) < 4.78 is 13.3. The van der Waals surface area contributed by atoms with Crippen LogP contribution in [0.3, 0.4) is 0 Å². The van der Waals surface area contributed by atoms with Crippen LogP contribution >= 0.6 is 0 Å². The van der Waals surface area contributed by atoms with Gasteiger partial charge in [0.25, 0.3) is 0 Å². The maximum absolute atomic E-state index is 13.3. The first-order valence-electron chi connectivity index (χ1n) is 6.53. The SMILES string of the molecule is Cc1ccc(F)cc1CC1(C(C)C)CCCN1. The van der Waals surface area contributed by atoms with Gasteiger partial charge in [-0.3, -0.25) is 0 Å². The summed E-state index contributed by atoms with van der Waals surface area (Å²) >= 11 is 0. The zero-order valence-electron chi connectivity index (χ0n) is 11.0. The lowest BCUT2D eigenvalue weighted by atomic mass is 9.79. The molecule has 1 nitrogen and oxygen atoms in total. The monoisotopic (exact) mass is 235 g/mol. The molecule has 94 valence electrons. The van der Waals surface area contributed by atoms with Crippen LogP contribution in [0.5, 0.6) is 0 Å². The highest BCUT2D eigenvalue weighted by Crippen LogP contribution is 2.32. The van der Waals surface area contributed by atoms with E-state index < -0.39 is 0 Å². The van der Waals surface area contributed by atoms with Crippen molar-refractivity contribution in [1.29, 1.82) is 0 Å². The average molecular weight is 235 g/mol. The summed E-state index contributed by atoms with van der Waals surface area (Å²) in [7, 11) is 0. The molecule has 1 N–H and O–H groups in total. The lowest BCUT2D eigenvalue weighted by Gasteiger charge is -2.34. The highest BCUT2D eigenvalue weighted by atomic mass is 19.1. The normalized spacial score (nSPS) is 24.5. The van der Waals surface area contributed by atoms with Gasteiger partial charge in [-0.15, -0.1) is 0 Å². The highest BCUT2D eigenvalue weighted by Gasteiger charge is 2.36. The zero-order valence-corrected chi connectivity index (χ0v) is 11.0. The molecular formula is C15H22FN. The number of halogens is 1. The largest absolute Gasteiger partial charge is 0.311 e. The zero-order chi connectivity index (χ0) is 12.5. The van der Waals surface area contributed by atoms with Crippen molar-refractivity contribution in [2.45, 2.75) is 45.6 Å². The average Bonchev–Trinajstić information content (AvgIpc) is 2.73. The maximum Gasteiger partial charge on any atom is 0.123 e. The van der Waals surface area contributed by atoms with E-state index in [1.807, 2.05) is 6.07 Å². The van der Waals surface area contributed by atoms with Crippen molar-refractivity contribution in [3.05, 3.63) is 35.1 Å². The quantitative estimate of drug-likeness (QED) is 0.846. The topological polar surface area (TPSA) is 12.0 Å². The van der Waals surface area contributed by atoms with Crippen LogP contribution in [0, 0.1) is 18.7 Å². The Kier molecular flexibility index (Phi) is 3.53. The molecule has 0 bridgehead atoms. The Morgan fingerprint density at radius 1 is 1.41 bits per heavy atom. The molecular weight excluding hydrogens is 213 g/mol. The summed E-state index contributed by atoms with van der Waals surface area (Å²) in [5.41, 5.74) is 2.51. The summed E-state index contributed by atoms with van der Waals surface area (Å²) in [6.45, 7) is 7.67. The van der Waals surface area contributed by atoms with Gasteiger partial charge in [0.15, 0.2) is 0 Å². The molecule has 1 fully saturated rings. The van der Waals surface area contributed by atoms with Crippen molar-refractivity contribution < 1.29 is 4.39 Å². The second-order valence-corrected chi connectivity index (χ2v) is 5.59. The standard InChI is InChI=1S/C15H22FN/c1-11(2)15(7-4-8-17-15)10-13-9-14(16)6-5-12(13)3/h5-6,9,11,17H,4,7-8,10H2,1-3H3. The van der Waals surface area contributed by atoms with Crippen LogP contribution in [-0.4, -0.2) is 12.1 Å². The fourth-order valence-corrected chi connectivity index (χ4v) is 2.85. The molecule has 0 amide bonds. The molecule has 0 spiro atoms. The molecule has 2 rings (SSSR count). The molecule has 0 radical (unpaired) electrons. The van der Waals surface area contributed by atoms with E-state index in [2.05, 4.69) is 26.1 Å². The summed E-state index contributed by atoms with van der Waals surface area (Å²) in [6, 6.07) is 5.12. The lowest BCUT2D eigenvalue weighted by Crippen LogP contribution is -2.46. The third-order valence-corrected chi connectivity index (χ3v) is 4.20. The van der Waals surface area contributed by atoms with E-state index in [4.69, 9.17) is 0 Å². The van der Waals surface area contributed by atoms with E-state index in [0.717, 1.165) is 18.5 Å². The Morgan fingerprint density at radius 3 is 2.76 bits per heavy atom. The van der Waals surface area contributed by atoms with Crippen molar-refractivity contribution in [1.82, 2.24) is 5.32 Å². The van der Waals surface area contributed by atoms with Gasteiger partial charge in [0.1, 0.15) is 5.82 Å². The van der Waals surface area contributed by atoms with E-state index in [0.29, 0.717) is 5.92 Å². The number of aryl methyl sites for hydroxylation is 1. The molecule has 1 heterocycles. The Hall–Kier alpha value is -0.890. The molecule has 2 heteroatoms. The van der Waals surface area contributed by atoms with Crippen molar-refractivity contribution in [2.24, 2.45) is 5.92 Å². The first kappa shape index (κ1) is 12.6. The second kappa shape index (κ2) is 4.77. The van der Waals surface area contributed by atoms with Gasteiger partial charge in [-0.25, -0.2) is 4.39 Å². The van der Waals surface area contributed by atoms with Gasteiger partial charge >= 0.3 is 0 Å². The van der Waals surface area contributed by atoms with Gasteiger partial charge in [-0.2, -0.15) is 0 Å². The number of hydrogen-bond donors (Lipinski definition) is 1. The fraction of sp³-hybridized carbons (Fsp3) is 0.600. The molecule has 0 saturated carbocycles. The van der Waals surface area contributed by atoms with Gasteiger partial charge in [0.05, 0.1) is 0 Å². The summed E-state index contributed by atoms with van der Waals surface area (Å²) in [4.78, 5) is 0. The predicted molar refractivity (Wildman–Crippen MR) is 69.6 cm³/mol. The van der Waals surface area contributed by atoms with Crippen molar-refractivity contribution in [3.8, 4) is 0 Å². The Balaban J connectivity index is 2.26. The number of benzene rings is 1. The van der Waals surface area contributed by atoms with Crippen LogP contribution in [0.1, 0.15) is 37.8 Å². The third-order valence-electron chi connectivity index (χ3n) is 4.20. The third kappa shape index (κ3) is 2.52. The molecule has 1 aliphatic heterocycles. The first-order valence-corrected chi connectivity index (χ1v) is 6.53. The van der Waals surface area contributed by atoms with Crippen LogP contribution in [0.4, 0.5) is 4.39 Å². The predicted octanol–water partition coefficient (Wildman–Crippen LogP) is 3.45. The van der Waals surface area contributed by atoms with E-state index in [-0.39, 0.29) is 11.4 Å². The van der Waals surface area contributed by atoms with Crippen molar-refractivity contribution in [3.63, 3.8) is 0 Å². The lowest BCUT2D eigenvalue weighted by molar-refractivity contribution is 0.269. The molecule has 1 aromatic carbocycles. The van der Waals surface area contributed by atoms with E-state index >= 15 is 0 Å². The van der Waals surface area contributed by atoms with Gasteiger partial charge in [0.2, 0.25) is 0 Å². The fourth-order valence-electron chi connectivity index (χ4n) is 2.85. The molecule has 1 aliphatic rings. The molecule has 0 aliphatic carbocycles. The van der Waals surface area contributed by atoms with E-state index in [1.54, 1.807) is 12.1 Å². The summed E-state index contributed by atoms with van der Waals surface area (Å²) in [6.07, 6.45) is 3.36. The minimum Gasteiger partial charge on any atom is -0.311 e. The van der Waals surface area contributed by atoms with Gasteiger partial charge in [0, 0.05) is 5.54 Å². The highest BCUT2D eigenvalue weighted by molar-refractivity contribution is 5.29. The van der Waals surface area contributed by atoms with Crippen molar-refractivity contribution in [2.75, 3.05) is 6.54 Å². The number of hydrogen-bond acceptors (Lipinski definition) is 1. The number of rotatable bonds is 3. The molecule has 1 saturated heterocycles. The smallest absolute Gasteiger partial charge is 0.123 e. The Labute approximate surface area is 103 Å². The van der Waals surface area contributed by atoms with Crippen LogP contribution in [0.2, 0.25) is 0 Å². The van der Waals surface area contributed by atoms with Gasteiger partial charge < -0.3 is 5.32 Å². The van der Waals surface area contributed by atoms with Crippen LogP contribution in [-0.2, 0) is 6.42 Å². The maximum atomic E-state index is 13.3. The summed E-state index contributed by atoms with van der Waals surface area (Å²) in [5, 5.41) is 3.64. The van der Waals surface area contributed by atoms with E-state index in [9.17, 15) is 4.39 Å². The molecule has 1 atom stereocenters. The summed E-state index contributed by atoms with van der Waals surface area (Å²) in [5.74, 6) is 0.454. The van der Waals surface area contributed by atoms with Gasteiger partial charge in [-0.05, 0) is 61.9 Å². The second-order valence-electron chi connectivity index (χ2n) is 5.59. The van der Waals surface area contributed by atoms with Crippen molar-refractivity contribution >= 4 is 0 Å². The van der Waals surface area contributed by atoms with Gasteiger partial charge in [-0.1, -0.05) is 19.9 Å². The Morgan fingerprint density at radius 2 is 2.18 bits per heavy atom. The van der Waals surface area contributed by atoms with Crippen LogP contribution in [0.25, 0.3) is 0 Å². The van der Waals surface area contributed by atoms with E-state index in [1.165, 1.54) is 18.4 Å². The number of nitrogens with one attached hydrogen (secondary N) is 1. The van der Waals surface area contributed by atoms with Crippen LogP contribution in [0.15, 0.2) is 18.2 Å². The first-order chi connectivity index (χ1) is 8.03.